The van der Waals surface area contributed by atoms with Crippen molar-refractivity contribution in [2.45, 2.75) is 43.9 Å². The molecule has 3 aromatic rings. The van der Waals surface area contributed by atoms with E-state index in [4.69, 9.17) is 0 Å². The van der Waals surface area contributed by atoms with Crippen molar-refractivity contribution >= 4 is 6.08 Å². The van der Waals surface area contributed by atoms with Crippen molar-refractivity contribution in [3.63, 3.8) is 0 Å². The molecule has 0 radical (unpaired) electrons. The number of hydrogen-bond donors (Lipinski definition) is 2. The van der Waals surface area contributed by atoms with Crippen LogP contribution in [0.1, 0.15) is 31.4 Å². The summed E-state index contributed by atoms with van der Waals surface area (Å²) in [6.07, 6.45) is 12.5. The lowest BCUT2D eigenvalue weighted by molar-refractivity contribution is 0.179. The molecule has 2 bridgehead atoms. The van der Waals surface area contributed by atoms with Crippen LogP contribution < -0.4 is 10.7 Å². The molecule has 148 valence electrons. The van der Waals surface area contributed by atoms with E-state index in [0.717, 1.165) is 24.8 Å². The third-order valence-electron chi connectivity index (χ3n) is 5.54. The van der Waals surface area contributed by atoms with Gasteiger partial charge in [0.15, 0.2) is 11.3 Å². The first-order chi connectivity index (χ1) is 14.2. The van der Waals surface area contributed by atoms with Gasteiger partial charge >= 0.3 is 0 Å². The Kier molecular flexibility index (Phi) is 4.51. The highest BCUT2D eigenvalue weighted by Crippen LogP contribution is 2.32. The van der Waals surface area contributed by atoms with Gasteiger partial charge in [0, 0.05) is 36.7 Å². The van der Waals surface area contributed by atoms with Crippen molar-refractivity contribution in [2.24, 2.45) is 0 Å². The van der Waals surface area contributed by atoms with Crippen molar-refractivity contribution in [3.8, 4) is 17.2 Å². The summed E-state index contributed by atoms with van der Waals surface area (Å²) in [4.78, 5) is 23.7. The number of piperidine rings is 2. The molecular weight excluding hydrogens is 373 g/mol. The monoisotopic (exact) mass is 393 g/mol. The highest BCUT2D eigenvalue weighted by atomic mass is 19.1. The van der Waals surface area contributed by atoms with Crippen LogP contribution in [0.2, 0.25) is 0 Å². The molecule has 2 N–H and O–H groups in total. The fraction of sp³-hybridized carbons (Fsp3) is 0.350. The maximum absolute atomic E-state index is 14.7. The third-order valence-corrected chi connectivity index (χ3v) is 5.54. The smallest absolute Gasteiger partial charge is 0.194 e. The first-order valence-corrected chi connectivity index (χ1v) is 9.69. The highest BCUT2D eigenvalue weighted by molar-refractivity contribution is 5.55. The van der Waals surface area contributed by atoms with Gasteiger partial charge in [-0.05, 0) is 30.9 Å². The van der Waals surface area contributed by atoms with Crippen molar-refractivity contribution in [1.29, 1.82) is 0 Å². The van der Waals surface area contributed by atoms with Crippen LogP contribution in [0.3, 0.4) is 0 Å². The number of aromatic nitrogens is 6. The minimum absolute atomic E-state index is 0.110. The number of aromatic amines is 1. The summed E-state index contributed by atoms with van der Waals surface area (Å²) in [5.74, 6) is 0.820. The largest absolute Gasteiger partial charge is 0.347 e. The van der Waals surface area contributed by atoms with Gasteiger partial charge in [-0.2, -0.15) is 0 Å². The zero-order chi connectivity index (χ0) is 19.8. The molecule has 0 aliphatic carbocycles. The van der Waals surface area contributed by atoms with E-state index >= 15 is 0 Å². The summed E-state index contributed by atoms with van der Waals surface area (Å²) in [6, 6.07) is 1.68. The lowest BCUT2D eigenvalue weighted by atomic mass is 9.82. The van der Waals surface area contributed by atoms with Gasteiger partial charge in [0.25, 0.3) is 0 Å². The van der Waals surface area contributed by atoms with Crippen LogP contribution in [0.5, 0.6) is 0 Å². The molecule has 0 saturated carbocycles. The summed E-state index contributed by atoms with van der Waals surface area (Å²) < 4.78 is 16.4. The Balaban J connectivity index is 1.39. The van der Waals surface area contributed by atoms with E-state index in [1.54, 1.807) is 35.6 Å². The molecule has 9 heteroatoms. The normalized spacial score (nSPS) is 25.3. The van der Waals surface area contributed by atoms with Gasteiger partial charge in [0.1, 0.15) is 24.0 Å². The van der Waals surface area contributed by atoms with E-state index in [1.807, 2.05) is 0 Å². The number of H-pyrrole nitrogens is 1. The number of pyridine rings is 1. The first kappa shape index (κ1) is 17.9. The molecule has 0 aromatic carbocycles. The van der Waals surface area contributed by atoms with Gasteiger partial charge in [0.2, 0.25) is 0 Å². The van der Waals surface area contributed by atoms with Crippen LogP contribution in [0.4, 0.5) is 4.39 Å². The average molecular weight is 393 g/mol. The summed E-state index contributed by atoms with van der Waals surface area (Å²) >= 11 is 0. The van der Waals surface area contributed by atoms with Crippen molar-refractivity contribution in [1.82, 2.24) is 35.0 Å². The summed E-state index contributed by atoms with van der Waals surface area (Å²) in [5.41, 5.74) is 1.33. The maximum Gasteiger partial charge on any atom is 0.194 e. The molecule has 3 aromatic heterocycles. The second-order valence-electron chi connectivity index (χ2n) is 7.50. The summed E-state index contributed by atoms with van der Waals surface area (Å²) in [6.45, 7) is 0. The quantitative estimate of drug-likeness (QED) is 0.706. The predicted octanol–water partition coefficient (Wildman–Crippen LogP) is 2.05. The van der Waals surface area contributed by atoms with Crippen molar-refractivity contribution in [3.05, 3.63) is 58.7 Å². The fourth-order valence-electron chi connectivity index (χ4n) is 4.09. The number of rotatable bonds is 3. The molecule has 0 unspecified atom stereocenters. The second-order valence-corrected chi connectivity index (χ2v) is 7.50. The second kappa shape index (κ2) is 7.32. The van der Waals surface area contributed by atoms with Crippen LogP contribution >= 0.6 is 0 Å². The molecule has 0 amide bonds. The number of imidazole rings is 1. The SMILES string of the molecule is O=c1cc(-n2ccnc2)[nH]cc1-c1ncc(/C=C2\C[C@H]3CCC[C@H](N3)[C@H]2F)nn1. The first-order valence-electron chi connectivity index (χ1n) is 9.69. The van der Waals surface area contributed by atoms with Gasteiger partial charge < -0.3 is 10.3 Å². The third kappa shape index (κ3) is 3.49. The lowest BCUT2D eigenvalue weighted by Gasteiger charge is -2.39. The average Bonchev–Trinajstić information content (AvgIpc) is 3.28. The number of alkyl halides is 1. The molecule has 5 heterocycles. The van der Waals surface area contributed by atoms with Crippen LogP contribution in [0.15, 0.2) is 47.5 Å². The number of nitrogens with one attached hydrogen (secondary N) is 2. The Hall–Kier alpha value is -3.20. The lowest BCUT2D eigenvalue weighted by Crippen LogP contribution is -2.52. The van der Waals surface area contributed by atoms with Gasteiger partial charge in [0.05, 0.1) is 11.8 Å². The predicted molar refractivity (Wildman–Crippen MR) is 105 cm³/mol. The van der Waals surface area contributed by atoms with E-state index in [1.165, 1.54) is 12.3 Å². The van der Waals surface area contributed by atoms with Crippen LogP contribution in [-0.2, 0) is 0 Å². The summed E-state index contributed by atoms with van der Waals surface area (Å²) in [7, 11) is 0. The molecular formula is C20H20FN7O. The summed E-state index contributed by atoms with van der Waals surface area (Å²) in [5, 5.41) is 11.6. The molecule has 2 fully saturated rings. The molecule has 2 aliphatic heterocycles. The minimum Gasteiger partial charge on any atom is -0.347 e. The Labute approximate surface area is 165 Å². The van der Waals surface area contributed by atoms with Crippen LogP contribution in [-0.4, -0.2) is 48.0 Å². The molecule has 8 nitrogen and oxygen atoms in total. The molecule has 2 aliphatic rings. The van der Waals surface area contributed by atoms with E-state index in [-0.39, 0.29) is 17.3 Å². The van der Waals surface area contributed by atoms with Crippen molar-refractivity contribution in [2.75, 3.05) is 0 Å². The maximum atomic E-state index is 14.7. The van der Waals surface area contributed by atoms with Gasteiger partial charge in [-0.3, -0.25) is 9.36 Å². The van der Waals surface area contributed by atoms with Gasteiger partial charge in [-0.25, -0.2) is 14.4 Å². The number of fused-ring (bicyclic) bond motifs is 2. The topological polar surface area (TPSA) is 101 Å². The molecule has 2 saturated heterocycles. The van der Waals surface area contributed by atoms with Crippen molar-refractivity contribution < 1.29 is 4.39 Å². The fourth-order valence-corrected chi connectivity index (χ4v) is 4.09. The van der Waals surface area contributed by atoms with Crippen LogP contribution in [0, 0.1) is 0 Å². The molecule has 0 spiro atoms. The van der Waals surface area contributed by atoms with E-state index in [0.29, 0.717) is 29.5 Å². The minimum atomic E-state index is -1.01. The van der Waals surface area contributed by atoms with E-state index in [2.05, 4.69) is 30.5 Å². The Morgan fingerprint density at radius 2 is 2.21 bits per heavy atom. The van der Waals surface area contributed by atoms with E-state index < -0.39 is 6.17 Å². The molecule has 3 atom stereocenters. The zero-order valence-electron chi connectivity index (χ0n) is 15.6. The Bertz CT molecular complexity index is 1090. The van der Waals surface area contributed by atoms with Gasteiger partial charge in [-0.15, -0.1) is 10.2 Å². The molecule has 29 heavy (non-hydrogen) atoms. The Morgan fingerprint density at radius 1 is 1.28 bits per heavy atom. The number of nitrogens with zero attached hydrogens (tertiary/aromatic N) is 5. The number of halogens is 1. The Morgan fingerprint density at radius 3 is 2.97 bits per heavy atom. The van der Waals surface area contributed by atoms with Gasteiger partial charge in [-0.1, -0.05) is 6.42 Å². The number of hydrogen-bond acceptors (Lipinski definition) is 6. The standard InChI is InChI=1S/C20H20FN7O/c21-19-12(6-13-2-1-3-16(19)25-13)7-14-9-24-20(27-26-14)15-10-23-18(8-17(15)29)28-5-4-22-11-28/h4-5,7-11,13,16,19,25H,1-3,6H2,(H,23,29)/b12-7+/t13-,16+,19+/m1/s1. The zero-order valence-corrected chi connectivity index (χ0v) is 15.6. The molecule has 5 rings (SSSR count). The van der Waals surface area contributed by atoms with E-state index in [9.17, 15) is 9.18 Å². The highest BCUT2D eigenvalue weighted by Gasteiger charge is 2.36. The van der Waals surface area contributed by atoms with Crippen LogP contribution in [0.25, 0.3) is 23.3 Å².